The van der Waals surface area contributed by atoms with Gasteiger partial charge in [0.2, 0.25) is 11.7 Å². The van der Waals surface area contributed by atoms with E-state index < -0.39 is 12.0 Å². The van der Waals surface area contributed by atoms with Crippen molar-refractivity contribution in [1.29, 1.82) is 0 Å². The van der Waals surface area contributed by atoms with E-state index >= 15 is 0 Å². The monoisotopic (exact) mass is 307 g/mol. The second kappa shape index (κ2) is 5.83. The van der Waals surface area contributed by atoms with Crippen molar-refractivity contribution < 1.29 is 14.4 Å². The van der Waals surface area contributed by atoms with Crippen LogP contribution in [0.2, 0.25) is 5.02 Å². The number of nitrogens with zero attached hydrogens (tertiary/aromatic N) is 3. The highest BCUT2D eigenvalue weighted by Gasteiger charge is 2.31. The average Bonchev–Trinajstić information content (AvgIpc) is 3.08. The zero-order valence-corrected chi connectivity index (χ0v) is 12.0. The van der Waals surface area contributed by atoms with E-state index in [0.29, 0.717) is 29.7 Å². The van der Waals surface area contributed by atoms with Crippen LogP contribution in [-0.4, -0.2) is 38.7 Å². The highest BCUT2D eigenvalue weighted by atomic mass is 35.5. The SMILES string of the molecule is O=C(O)[C@@H]1CCCN1Cc1nc(-c2cccc(Cl)c2)no1. The fraction of sp³-hybridized carbons (Fsp3) is 0.357. The number of carbonyl (C=O) groups is 1. The third-order valence-corrected chi connectivity index (χ3v) is 3.77. The smallest absolute Gasteiger partial charge is 0.320 e. The predicted octanol–water partition coefficient (Wildman–Crippen LogP) is 2.44. The third kappa shape index (κ3) is 3.06. The van der Waals surface area contributed by atoms with Gasteiger partial charge in [0.1, 0.15) is 6.04 Å². The number of hydrogen-bond donors (Lipinski definition) is 1. The second-order valence-electron chi connectivity index (χ2n) is 4.99. The molecule has 0 amide bonds. The number of likely N-dealkylation sites (tertiary alicyclic amines) is 1. The van der Waals surface area contributed by atoms with Crippen LogP contribution in [0.25, 0.3) is 11.4 Å². The Morgan fingerprint density at radius 1 is 1.52 bits per heavy atom. The molecule has 0 radical (unpaired) electrons. The number of carboxylic acid groups (broad SMARTS) is 1. The number of halogens is 1. The van der Waals surface area contributed by atoms with Gasteiger partial charge in [-0.25, -0.2) is 0 Å². The zero-order valence-electron chi connectivity index (χ0n) is 11.2. The number of hydrogen-bond acceptors (Lipinski definition) is 5. The molecule has 3 rings (SSSR count). The fourth-order valence-corrected chi connectivity index (χ4v) is 2.72. The first-order valence-corrected chi connectivity index (χ1v) is 7.06. The van der Waals surface area contributed by atoms with E-state index in [9.17, 15) is 4.79 Å². The van der Waals surface area contributed by atoms with Gasteiger partial charge < -0.3 is 9.63 Å². The molecule has 1 N–H and O–H groups in total. The normalized spacial score (nSPS) is 19.0. The first-order chi connectivity index (χ1) is 10.1. The van der Waals surface area contributed by atoms with Crippen LogP contribution in [0.15, 0.2) is 28.8 Å². The van der Waals surface area contributed by atoms with Gasteiger partial charge >= 0.3 is 5.97 Å². The van der Waals surface area contributed by atoms with Crippen LogP contribution >= 0.6 is 11.6 Å². The molecule has 0 saturated carbocycles. The van der Waals surface area contributed by atoms with Gasteiger partial charge in [-0.3, -0.25) is 9.69 Å². The van der Waals surface area contributed by atoms with E-state index in [-0.39, 0.29) is 0 Å². The summed E-state index contributed by atoms with van der Waals surface area (Å²) in [5.41, 5.74) is 0.772. The second-order valence-corrected chi connectivity index (χ2v) is 5.43. The lowest BCUT2D eigenvalue weighted by atomic mass is 10.2. The molecule has 0 aliphatic carbocycles. The molecule has 2 heterocycles. The number of carboxylic acids is 1. The van der Waals surface area contributed by atoms with Crippen LogP contribution in [0.5, 0.6) is 0 Å². The first-order valence-electron chi connectivity index (χ1n) is 6.69. The van der Waals surface area contributed by atoms with Gasteiger partial charge in [-0.2, -0.15) is 4.98 Å². The number of aliphatic carboxylic acids is 1. The Bertz CT molecular complexity index is 658. The predicted molar refractivity (Wildman–Crippen MR) is 75.8 cm³/mol. The summed E-state index contributed by atoms with van der Waals surface area (Å²) >= 11 is 5.93. The molecule has 110 valence electrons. The standard InChI is InChI=1S/C14H14ClN3O3/c15-10-4-1-3-9(7-10)13-16-12(21-17-13)8-18-6-2-5-11(18)14(19)20/h1,3-4,7,11H,2,5-6,8H2,(H,19,20)/t11-/m0/s1. The molecule has 0 unspecified atom stereocenters. The summed E-state index contributed by atoms with van der Waals surface area (Å²) in [6.45, 7) is 1.08. The van der Waals surface area contributed by atoms with E-state index in [0.717, 1.165) is 18.5 Å². The van der Waals surface area contributed by atoms with E-state index in [1.165, 1.54) is 0 Å². The number of benzene rings is 1. The molecule has 1 fully saturated rings. The summed E-state index contributed by atoms with van der Waals surface area (Å²) in [5, 5.41) is 13.7. The van der Waals surface area contributed by atoms with Gasteiger partial charge in [0.15, 0.2) is 0 Å². The Hall–Kier alpha value is -1.92. The van der Waals surface area contributed by atoms with Crippen LogP contribution in [0, 0.1) is 0 Å². The molecule has 1 aliphatic heterocycles. The van der Waals surface area contributed by atoms with Gasteiger partial charge in [-0.15, -0.1) is 0 Å². The molecular weight excluding hydrogens is 294 g/mol. The Morgan fingerprint density at radius 2 is 2.38 bits per heavy atom. The molecule has 6 nitrogen and oxygen atoms in total. The molecule has 1 aromatic carbocycles. The van der Waals surface area contributed by atoms with Crippen molar-refractivity contribution in [2.24, 2.45) is 0 Å². The van der Waals surface area contributed by atoms with Gasteiger partial charge in [-0.1, -0.05) is 28.9 Å². The van der Waals surface area contributed by atoms with Crippen LogP contribution < -0.4 is 0 Å². The van der Waals surface area contributed by atoms with Crippen LogP contribution in [-0.2, 0) is 11.3 Å². The molecule has 7 heteroatoms. The van der Waals surface area contributed by atoms with Gasteiger partial charge in [-0.05, 0) is 31.5 Å². The first kappa shape index (κ1) is 14.0. The van der Waals surface area contributed by atoms with Crippen molar-refractivity contribution in [1.82, 2.24) is 15.0 Å². The molecule has 2 aromatic rings. The molecule has 1 atom stereocenters. The minimum atomic E-state index is -0.804. The van der Waals surface area contributed by atoms with Crippen molar-refractivity contribution in [3.63, 3.8) is 0 Å². The highest BCUT2D eigenvalue weighted by molar-refractivity contribution is 6.30. The minimum absolute atomic E-state index is 0.352. The van der Waals surface area contributed by atoms with Crippen molar-refractivity contribution in [2.75, 3.05) is 6.54 Å². The summed E-state index contributed by atoms with van der Waals surface area (Å²) in [4.78, 5) is 17.3. The minimum Gasteiger partial charge on any atom is -0.480 e. The maximum Gasteiger partial charge on any atom is 0.320 e. The van der Waals surface area contributed by atoms with Crippen molar-refractivity contribution in [3.8, 4) is 11.4 Å². The molecule has 1 aliphatic rings. The van der Waals surface area contributed by atoms with Crippen molar-refractivity contribution in [2.45, 2.75) is 25.4 Å². The Balaban J connectivity index is 1.75. The van der Waals surface area contributed by atoms with Crippen LogP contribution in [0.1, 0.15) is 18.7 Å². The molecule has 1 aromatic heterocycles. The van der Waals surface area contributed by atoms with E-state index in [2.05, 4.69) is 10.1 Å². The van der Waals surface area contributed by atoms with E-state index in [4.69, 9.17) is 21.2 Å². The van der Waals surface area contributed by atoms with Crippen LogP contribution in [0.4, 0.5) is 0 Å². The lowest BCUT2D eigenvalue weighted by molar-refractivity contribution is -0.142. The van der Waals surface area contributed by atoms with Crippen LogP contribution in [0.3, 0.4) is 0 Å². The zero-order chi connectivity index (χ0) is 14.8. The number of aromatic nitrogens is 2. The molecular formula is C14H14ClN3O3. The molecule has 0 spiro atoms. The lowest BCUT2D eigenvalue weighted by Gasteiger charge is -2.18. The summed E-state index contributed by atoms with van der Waals surface area (Å²) in [6.07, 6.45) is 1.52. The van der Waals surface area contributed by atoms with Gasteiger partial charge in [0.25, 0.3) is 0 Å². The lowest BCUT2D eigenvalue weighted by Crippen LogP contribution is -2.35. The van der Waals surface area contributed by atoms with Crippen molar-refractivity contribution >= 4 is 17.6 Å². The average molecular weight is 308 g/mol. The maximum atomic E-state index is 11.1. The van der Waals surface area contributed by atoms with Crippen molar-refractivity contribution in [3.05, 3.63) is 35.2 Å². The fourth-order valence-electron chi connectivity index (χ4n) is 2.53. The van der Waals surface area contributed by atoms with E-state index in [1.807, 2.05) is 17.0 Å². The largest absolute Gasteiger partial charge is 0.480 e. The Kier molecular flexibility index (Phi) is 3.90. The Labute approximate surface area is 126 Å². The summed E-state index contributed by atoms with van der Waals surface area (Å²) in [6, 6.07) is 6.72. The topological polar surface area (TPSA) is 79.5 Å². The summed E-state index contributed by atoms with van der Waals surface area (Å²) in [5.74, 6) is 0.0683. The van der Waals surface area contributed by atoms with E-state index in [1.54, 1.807) is 12.1 Å². The summed E-state index contributed by atoms with van der Waals surface area (Å²) in [7, 11) is 0. The maximum absolute atomic E-state index is 11.1. The summed E-state index contributed by atoms with van der Waals surface area (Å²) < 4.78 is 5.21. The molecule has 21 heavy (non-hydrogen) atoms. The molecule has 1 saturated heterocycles. The van der Waals surface area contributed by atoms with Gasteiger partial charge in [0, 0.05) is 10.6 Å². The van der Waals surface area contributed by atoms with Gasteiger partial charge in [0.05, 0.1) is 6.54 Å². The highest BCUT2D eigenvalue weighted by Crippen LogP contribution is 2.22. The quantitative estimate of drug-likeness (QED) is 0.934. The Morgan fingerprint density at radius 3 is 3.14 bits per heavy atom. The molecule has 0 bridgehead atoms. The third-order valence-electron chi connectivity index (χ3n) is 3.54. The number of rotatable bonds is 4.